The molecule has 0 radical (unpaired) electrons. The summed E-state index contributed by atoms with van der Waals surface area (Å²) in [5, 5.41) is 10.1. The second kappa shape index (κ2) is 4.27. The molecule has 0 bridgehead atoms. The third kappa shape index (κ3) is 2.06. The van der Waals surface area contributed by atoms with E-state index in [-0.39, 0.29) is 0 Å². The molecule has 0 saturated carbocycles. The first-order valence-corrected chi connectivity index (χ1v) is 5.67. The van der Waals surface area contributed by atoms with Gasteiger partial charge in [-0.25, -0.2) is 9.99 Å². The number of likely N-dealkylation sites (N-methyl/N-ethyl adjacent to an activating group) is 1. The van der Waals surface area contributed by atoms with E-state index in [2.05, 4.69) is 37.6 Å². The summed E-state index contributed by atoms with van der Waals surface area (Å²) >= 11 is 0. The highest BCUT2D eigenvalue weighted by atomic mass is 15.5. The van der Waals surface area contributed by atoms with E-state index in [0.29, 0.717) is 0 Å². The summed E-state index contributed by atoms with van der Waals surface area (Å²) < 4.78 is 1.85. The van der Waals surface area contributed by atoms with Gasteiger partial charge in [0.15, 0.2) is 5.82 Å². The van der Waals surface area contributed by atoms with Crippen LogP contribution in [0.15, 0.2) is 18.7 Å². The summed E-state index contributed by atoms with van der Waals surface area (Å²) in [4.78, 5) is 6.61. The van der Waals surface area contributed by atoms with E-state index in [1.807, 2.05) is 10.6 Å². The lowest BCUT2D eigenvalue weighted by Crippen LogP contribution is -2.47. The van der Waals surface area contributed by atoms with Gasteiger partial charge in [0.25, 0.3) is 0 Å². The number of nitrogens with one attached hydrogen (secondary N) is 1. The van der Waals surface area contributed by atoms with E-state index < -0.39 is 0 Å². The fraction of sp³-hybridized carbons (Fsp3) is 0.500. The molecule has 3 heterocycles. The van der Waals surface area contributed by atoms with Gasteiger partial charge in [-0.05, 0) is 7.05 Å². The van der Waals surface area contributed by atoms with Crippen LogP contribution in [0, 0.1) is 0 Å². The lowest BCUT2D eigenvalue weighted by molar-refractivity contribution is 0.178. The number of hydrogen-bond acceptors (Lipinski definition) is 6. The number of hydrazine groups is 1. The predicted octanol–water partition coefficient (Wildman–Crippen LogP) is -0.301. The maximum absolute atomic E-state index is 4.30. The highest BCUT2D eigenvalue weighted by molar-refractivity contribution is 5.60. The Bertz CT molecular complexity index is 500. The molecule has 2 aromatic rings. The van der Waals surface area contributed by atoms with Crippen LogP contribution in [0.4, 0.5) is 5.82 Å². The van der Waals surface area contributed by atoms with Crippen LogP contribution in [0.2, 0.25) is 0 Å². The summed E-state index contributed by atoms with van der Waals surface area (Å²) in [5.41, 5.74) is 4.06. The van der Waals surface area contributed by atoms with Gasteiger partial charge in [0, 0.05) is 38.6 Å². The van der Waals surface area contributed by atoms with Crippen molar-refractivity contribution in [1.29, 1.82) is 0 Å². The second-order valence-corrected chi connectivity index (χ2v) is 4.24. The SMILES string of the molecule is CN1CCN(Nc2nccn3cnnc23)CC1. The third-order valence-corrected chi connectivity index (χ3v) is 2.98. The molecule has 1 aliphatic heterocycles. The predicted molar refractivity (Wildman–Crippen MR) is 63.5 cm³/mol. The van der Waals surface area contributed by atoms with Crippen molar-refractivity contribution in [2.45, 2.75) is 0 Å². The third-order valence-electron chi connectivity index (χ3n) is 2.98. The number of nitrogens with zero attached hydrogens (tertiary/aromatic N) is 6. The molecular formula is C10H15N7. The molecule has 0 spiro atoms. The van der Waals surface area contributed by atoms with Crippen molar-refractivity contribution in [3.63, 3.8) is 0 Å². The highest BCUT2D eigenvalue weighted by Gasteiger charge is 2.15. The molecule has 3 rings (SSSR count). The Labute approximate surface area is 99.0 Å². The Morgan fingerprint density at radius 1 is 1.24 bits per heavy atom. The van der Waals surface area contributed by atoms with Crippen molar-refractivity contribution < 1.29 is 0 Å². The van der Waals surface area contributed by atoms with E-state index in [1.165, 1.54) is 0 Å². The number of fused-ring (bicyclic) bond motifs is 1. The molecule has 0 atom stereocenters. The zero-order chi connectivity index (χ0) is 11.7. The van der Waals surface area contributed by atoms with Gasteiger partial charge in [-0.3, -0.25) is 9.83 Å². The molecule has 7 heteroatoms. The normalized spacial score (nSPS) is 18.6. The average molecular weight is 233 g/mol. The first kappa shape index (κ1) is 10.4. The fourth-order valence-electron chi connectivity index (χ4n) is 1.91. The molecule has 90 valence electrons. The first-order valence-electron chi connectivity index (χ1n) is 5.67. The van der Waals surface area contributed by atoms with E-state index in [1.54, 1.807) is 12.5 Å². The summed E-state index contributed by atoms with van der Waals surface area (Å²) in [6.07, 6.45) is 5.26. The van der Waals surface area contributed by atoms with Crippen LogP contribution in [0.1, 0.15) is 0 Å². The lowest BCUT2D eigenvalue weighted by atomic mass is 10.4. The van der Waals surface area contributed by atoms with E-state index in [0.717, 1.165) is 37.6 Å². The topological polar surface area (TPSA) is 61.6 Å². The highest BCUT2D eigenvalue weighted by Crippen LogP contribution is 2.11. The van der Waals surface area contributed by atoms with Gasteiger partial charge in [-0.15, -0.1) is 10.2 Å². The van der Waals surface area contributed by atoms with E-state index in [4.69, 9.17) is 0 Å². The van der Waals surface area contributed by atoms with Gasteiger partial charge in [0.2, 0.25) is 5.65 Å². The Kier molecular flexibility index (Phi) is 2.62. The maximum atomic E-state index is 4.30. The minimum absolute atomic E-state index is 0.756. The average Bonchev–Trinajstić information content (AvgIpc) is 2.81. The fourth-order valence-corrected chi connectivity index (χ4v) is 1.91. The molecule has 0 amide bonds. The Hall–Kier alpha value is -1.73. The minimum atomic E-state index is 0.756. The zero-order valence-electron chi connectivity index (χ0n) is 9.74. The van der Waals surface area contributed by atoms with Crippen LogP contribution in [0.5, 0.6) is 0 Å². The summed E-state index contributed by atoms with van der Waals surface area (Å²) in [6, 6.07) is 0. The van der Waals surface area contributed by atoms with Crippen molar-refractivity contribution in [2.75, 3.05) is 38.7 Å². The summed E-state index contributed by atoms with van der Waals surface area (Å²) in [7, 11) is 2.13. The zero-order valence-corrected chi connectivity index (χ0v) is 9.74. The molecular weight excluding hydrogens is 218 g/mol. The van der Waals surface area contributed by atoms with E-state index >= 15 is 0 Å². The van der Waals surface area contributed by atoms with Crippen LogP contribution >= 0.6 is 0 Å². The van der Waals surface area contributed by atoms with Crippen LogP contribution in [-0.4, -0.2) is 62.7 Å². The van der Waals surface area contributed by atoms with Gasteiger partial charge in [-0.2, -0.15) is 0 Å². The Balaban J connectivity index is 1.78. The monoisotopic (exact) mass is 233 g/mol. The summed E-state index contributed by atoms with van der Waals surface area (Å²) in [5.74, 6) is 0.759. The van der Waals surface area contributed by atoms with Gasteiger partial charge in [0.1, 0.15) is 6.33 Å². The first-order chi connectivity index (χ1) is 8.33. The van der Waals surface area contributed by atoms with Crippen molar-refractivity contribution in [2.24, 2.45) is 0 Å². The maximum Gasteiger partial charge on any atom is 0.204 e. The summed E-state index contributed by atoms with van der Waals surface area (Å²) in [6.45, 7) is 4.08. The second-order valence-electron chi connectivity index (χ2n) is 4.24. The molecule has 1 saturated heterocycles. The van der Waals surface area contributed by atoms with Crippen molar-refractivity contribution in [3.05, 3.63) is 18.7 Å². The Morgan fingerprint density at radius 2 is 2.06 bits per heavy atom. The largest absolute Gasteiger partial charge is 0.304 e. The van der Waals surface area contributed by atoms with Crippen molar-refractivity contribution >= 4 is 11.5 Å². The van der Waals surface area contributed by atoms with Crippen LogP contribution < -0.4 is 5.43 Å². The molecule has 7 nitrogen and oxygen atoms in total. The number of anilines is 1. The number of rotatable bonds is 2. The van der Waals surface area contributed by atoms with Crippen LogP contribution in [0.3, 0.4) is 0 Å². The van der Waals surface area contributed by atoms with Crippen molar-refractivity contribution in [3.8, 4) is 0 Å². The lowest BCUT2D eigenvalue weighted by Gasteiger charge is -2.32. The molecule has 1 fully saturated rings. The van der Waals surface area contributed by atoms with Gasteiger partial charge >= 0.3 is 0 Å². The Morgan fingerprint density at radius 3 is 2.88 bits per heavy atom. The molecule has 2 aromatic heterocycles. The van der Waals surface area contributed by atoms with Crippen LogP contribution in [0.25, 0.3) is 5.65 Å². The molecule has 1 N–H and O–H groups in total. The quantitative estimate of drug-likeness (QED) is 0.768. The molecule has 17 heavy (non-hydrogen) atoms. The molecule has 0 unspecified atom stereocenters. The number of hydrogen-bond donors (Lipinski definition) is 1. The number of aromatic nitrogens is 4. The van der Waals surface area contributed by atoms with Gasteiger partial charge < -0.3 is 4.90 Å². The molecule has 1 aliphatic rings. The molecule has 0 aliphatic carbocycles. The van der Waals surface area contributed by atoms with Crippen molar-refractivity contribution in [1.82, 2.24) is 29.5 Å². The van der Waals surface area contributed by atoms with Gasteiger partial charge in [-0.1, -0.05) is 0 Å². The smallest absolute Gasteiger partial charge is 0.204 e. The number of piperazine rings is 1. The van der Waals surface area contributed by atoms with E-state index in [9.17, 15) is 0 Å². The van der Waals surface area contributed by atoms with Gasteiger partial charge in [0.05, 0.1) is 0 Å². The molecule has 0 aromatic carbocycles. The minimum Gasteiger partial charge on any atom is -0.304 e. The standard InChI is InChI=1S/C10H15N7/c1-15-4-6-17(7-5-15)14-9-10-13-12-8-16(10)3-2-11-9/h2-3,8H,4-7H2,1H3,(H,11,14). The van der Waals surface area contributed by atoms with Crippen LogP contribution in [-0.2, 0) is 0 Å².